The third-order valence-electron chi connectivity index (χ3n) is 3.82. The Bertz CT molecular complexity index is 1030. The molecule has 29 heavy (non-hydrogen) atoms. The molecule has 7 heteroatoms. The molecule has 0 unspecified atom stereocenters. The molecule has 2 aromatic rings. The van der Waals surface area contributed by atoms with Crippen molar-refractivity contribution in [2.75, 3.05) is 18.5 Å². The number of ether oxygens (including phenoxy) is 2. The lowest BCUT2D eigenvalue weighted by Gasteiger charge is -2.13. The fourth-order valence-electron chi connectivity index (χ4n) is 2.44. The molecule has 0 spiro atoms. The van der Waals surface area contributed by atoms with Gasteiger partial charge in [0.15, 0.2) is 11.5 Å². The van der Waals surface area contributed by atoms with E-state index in [0.717, 1.165) is 0 Å². The lowest BCUT2D eigenvalue weighted by molar-refractivity contribution is -0.112. The molecule has 0 atom stereocenters. The highest BCUT2D eigenvalue weighted by molar-refractivity contribution is 6.32. The van der Waals surface area contributed by atoms with Crippen LogP contribution in [0.3, 0.4) is 0 Å². The summed E-state index contributed by atoms with van der Waals surface area (Å²) in [4.78, 5) is 12.6. The van der Waals surface area contributed by atoms with E-state index in [-0.39, 0.29) is 17.2 Å². The first-order valence-corrected chi connectivity index (χ1v) is 9.37. The van der Waals surface area contributed by atoms with Crippen LogP contribution in [0.25, 0.3) is 6.08 Å². The van der Waals surface area contributed by atoms with Crippen LogP contribution in [0, 0.1) is 30.6 Å². The molecule has 1 amide bonds. The van der Waals surface area contributed by atoms with Gasteiger partial charge in [-0.25, -0.2) is 0 Å². The number of nitrogens with zero attached hydrogens (tertiary/aromatic N) is 1. The number of hydrogen-bond donors (Lipinski definition) is 1. The molecule has 0 heterocycles. The molecule has 148 valence electrons. The van der Waals surface area contributed by atoms with E-state index in [1.165, 1.54) is 6.08 Å². The Hall–Kier alpha value is -3.12. The topological polar surface area (TPSA) is 71.3 Å². The van der Waals surface area contributed by atoms with Crippen LogP contribution < -0.4 is 14.8 Å². The summed E-state index contributed by atoms with van der Waals surface area (Å²) in [7, 11) is 0. The molecule has 0 aliphatic rings. The van der Waals surface area contributed by atoms with Crippen LogP contribution in [0.5, 0.6) is 11.5 Å². The first kappa shape index (κ1) is 22.2. The largest absolute Gasteiger partial charge is 0.490 e. The van der Waals surface area contributed by atoms with Crippen molar-refractivity contribution in [1.29, 1.82) is 5.26 Å². The van der Waals surface area contributed by atoms with Crippen molar-refractivity contribution in [1.82, 2.24) is 0 Å². The number of benzene rings is 2. The van der Waals surface area contributed by atoms with Crippen LogP contribution in [-0.2, 0) is 4.79 Å². The maximum absolute atomic E-state index is 12.6. The van der Waals surface area contributed by atoms with Gasteiger partial charge < -0.3 is 14.8 Å². The third kappa shape index (κ3) is 5.68. The van der Waals surface area contributed by atoms with E-state index < -0.39 is 5.91 Å². The number of hydrogen-bond acceptors (Lipinski definition) is 4. The number of nitrogens with one attached hydrogen (secondary N) is 1. The zero-order valence-electron chi connectivity index (χ0n) is 15.9. The van der Waals surface area contributed by atoms with Crippen molar-refractivity contribution >= 4 is 40.9 Å². The summed E-state index contributed by atoms with van der Waals surface area (Å²) in [6.45, 7) is 3.98. The number of terminal acetylenes is 1. The molecule has 0 aromatic heterocycles. The minimum absolute atomic E-state index is 0.0276. The van der Waals surface area contributed by atoms with Crippen molar-refractivity contribution in [3.8, 4) is 29.9 Å². The standard InChI is InChI=1S/C22H18Cl2N2O3/c1-4-9-29-21-18(24)11-15(12-20(21)28-5-2)10-16(13-25)22(27)26-19-8-6-7-17(23)14(19)3/h1,6-8,10-12H,5,9H2,2-3H3,(H,26,27)/b16-10+. The molecular formula is C22H18Cl2N2O3. The number of halogens is 2. The van der Waals surface area contributed by atoms with E-state index in [1.807, 2.05) is 13.0 Å². The number of nitriles is 1. The monoisotopic (exact) mass is 428 g/mol. The highest BCUT2D eigenvalue weighted by Crippen LogP contribution is 2.37. The molecule has 0 fully saturated rings. The van der Waals surface area contributed by atoms with Crippen LogP contribution in [0.15, 0.2) is 35.9 Å². The highest BCUT2D eigenvalue weighted by Gasteiger charge is 2.15. The Labute approximate surface area is 179 Å². The quantitative estimate of drug-likeness (QED) is 0.370. The average molecular weight is 429 g/mol. The average Bonchev–Trinajstić information content (AvgIpc) is 2.69. The Morgan fingerprint density at radius 1 is 1.28 bits per heavy atom. The summed E-state index contributed by atoms with van der Waals surface area (Å²) in [5, 5.41) is 12.9. The molecule has 0 bridgehead atoms. The molecule has 0 aliphatic carbocycles. The van der Waals surface area contributed by atoms with Gasteiger partial charge in [-0.3, -0.25) is 4.79 Å². The van der Waals surface area contributed by atoms with Crippen LogP contribution in [-0.4, -0.2) is 19.1 Å². The number of carbonyl (C=O) groups excluding carboxylic acids is 1. The second-order valence-corrected chi connectivity index (χ2v) is 6.61. The predicted octanol–water partition coefficient (Wildman–Crippen LogP) is 5.26. The SMILES string of the molecule is C#CCOc1c(Cl)cc(/C=C(\C#N)C(=O)Nc2cccc(Cl)c2C)cc1OCC. The van der Waals surface area contributed by atoms with Gasteiger partial charge in [0.1, 0.15) is 18.2 Å². The van der Waals surface area contributed by atoms with E-state index in [0.29, 0.717) is 39.9 Å². The molecule has 0 radical (unpaired) electrons. The van der Waals surface area contributed by atoms with Crippen LogP contribution in [0.2, 0.25) is 10.0 Å². The maximum atomic E-state index is 12.6. The van der Waals surface area contributed by atoms with Gasteiger partial charge in [-0.2, -0.15) is 5.26 Å². The maximum Gasteiger partial charge on any atom is 0.266 e. The fraction of sp³-hybridized carbons (Fsp3) is 0.182. The van der Waals surface area contributed by atoms with E-state index in [9.17, 15) is 10.1 Å². The van der Waals surface area contributed by atoms with Gasteiger partial charge in [0.2, 0.25) is 0 Å². The third-order valence-corrected chi connectivity index (χ3v) is 4.51. The molecular weight excluding hydrogens is 411 g/mol. The van der Waals surface area contributed by atoms with E-state index in [4.69, 9.17) is 39.1 Å². The molecule has 1 N–H and O–H groups in total. The van der Waals surface area contributed by atoms with Gasteiger partial charge in [0.05, 0.1) is 11.6 Å². The number of rotatable bonds is 7. The van der Waals surface area contributed by atoms with Crippen molar-refractivity contribution in [2.45, 2.75) is 13.8 Å². The Morgan fingerprint density at radius 2 is 2.03 bits per heavy atom. The Kier molecular flexibility index (Phi) is 7.98. The molecule has 2 aromatic carbocycles. The molecule has 0 aliphatic heterocycles. The van der Waals surface area contributed by atoms with Crippen LogP contribution in [0.1, 0.15) is 18.1 Å². The summed E-state index contributed by atoms with van der Waals surface area (Å²) >= 11 is 12.4. The lowest BCUT2D eigenvalue weighted by atomic mass is 10.1. The fourth-order valence-corrected chi connectivity index (χ4v) is 2.88. The van der Waals surface area contributed by atoms with E-state index in [1.54, 1.807) is 37.3 Å². The van der Waals surface area contributed by atoms with Gasteiger partial charge in [0.25, 0.3) is 5.91 Å². The second kappa shape index (κ2) is 10.4. The summed E-state index contributed by atoms with van der Waals surface area (Å²) in [5.74, 6) is 2.46. The van der Waals surface area contributed by atoms with Gasteiger partial charge in [0, 0.05) is 10.7 Å². The van der Waals surface area contributed by atoms with Crippen LogP contribution >= 0.6 is 23.2 Å². The van der Waals surface area contributed by atoms with E-state index in [2.05, 4.69) is 11.2 Å². The lowest BCUT2D eigenvalue weighted by Crippen LogP contribution is -2.14. The second-order valence-electron chi connectivity index (χ2n) is 5.79. The Balaban J connectivity index is 2.36. The smallest absolute Gasteiger partial charge is 0.266 e. The molecule has 2 rings (SSSR count). The zero-order chi connectivity index (χ0) is 21.4. The van der Waals surface area contributed by atoms with Crippen molar-refractivity contribution in [3.63, 3.8) is 0 Å². The summed E-state index contributed by atoms with van der Waals surface area (Å²) < 4.78 is 11.0. The number of carbonyl (C=O) groups is 1. The summed E-state index contributed by atoms with van der Waals surface area (Å²) in [6.07, 6.45) is 6.63. The van der Waals surface area contributed by atoms with Gasteiger partial charge in [-0.15, -0.1) is 6.42 Å². The normalized spacial score (nSPS) is 10.6. The molecule has 0 saturated heterocycles. The van der Waals surface area contributed by atoms with Gasteiger partial charge >= 0.3 is 0 Å². The Morgan fingerprint density at radius 3 is 2.69 bits per heavy atom. The van der Waals surface area contributed by atoms with Gasteiger partial charge in [-0.1, -0.05) is 35.2 Å². The van der Waals surface area contributed by atoms with Gasteiger partial charge in [-0.05, 0) is 55.3 Å². The van der Waals surface area contributed by atoms with Crippen molar-refractivity contribution in [2.24, 2.45) is 0 Å². The first-order valence-electron chi connectivity index (χ1n) is 8.62. The minimum atomic E-state index is -0.570. The summed E-state index contributed by atoms with van der Waals surface area (Å²) in [5.41, 5.74) is 1.62. The van der Waals surface area contributed by atoms with E-state index >= 15 is 0 Å². The van der Waals surface area contributed by atoms with Crippen molar-refractivity contribution < 1.29 is 14.3 Å². The number of amides is 1. The highest BCUT2D eigenvalue weighted by atomic mass is 35.5. The number of anilines is 1. The van der Waals surface area contributed by atoms with Crippen LogP contribution in [0.4, 0.5) is 5.69 Å². The minimum Gasteiger partial charge on any atom is -0.490 e. The first-order chi connectivity index (χ1) is 13.9. The zero-order valence-corrected chi connectivity index (χ0v) is 17.4. The molecule has 5 nitrogen and oxygen atoms in total. The molecule has 0 saturated carbocycles. The predicted molar refractivity (Wildman–Crippen MR) is 115 cm³/mol. The summed E-state index contributed by atoms with van der Waals surface area (Å²) in [6, 6.07) is 10.2. The van der Waals surface area contributed by atoms with Crippen molar-refractivity contribution in [3.05, 3.63) is 57.1 Å².